The van der Waals surface area contributed by atoms with Gasteiger partial charge < -0.3 is 0 Å². The van der Waals surface area contributed by atoms with Gasteiger partial charge in [0.25, 0.3) is 0 Å². The van der Waals surface area contributed by atoms with Crippen LogP contribution in [0.3, 0.4) is 0 Å². The van der Waals surface area contributed by atoms with Crippen molar-refractivity contribution in [1.29, 1.82) is 5.26 Å². The van der Waals surface area contributed by atoms with E-state index in [0.29, 0.717) is 0 Å². The van der Waals surface area contributed by atoms with E-state index in [4.69, 9.17) is 16.9 Å². The highest BCUT2D eigenvalue weighted by Crippen LogP contribution is 2.17. The normalized spacial score (nSPS) is 12.5. The van der Waals surface area contributed by atoms with Gasteiger partial charge in [0.2, 0.25) is 0 Å². The average Bonchev–Trinajstić information content (AvgIpc) is 2.50. The Balaban J connectivity index is 2.82. The number of hydrogen-bond acceptors (Lipinski definition) is 2. The van der Waals surface area contributed by atoms with E-state index in [1.165, 1.54) is 0 Å². The van der Waals surface area contributed by atoms with Crippen molar-refractivity contribution in [3.8, 4) is 6.07 Å². The molecule has 0 saturated heterocycles. The minimum atomic E-state index is -0.574. The van der Waals surface area contributed by atoms with Crippen LogP contribution in [0.2, 0.25) is 0 Å². The first kappa shape index (κ1) is 8.09. The molecule has 1 heterocycles. The SMILES string of the molecule is CCn1cc(C(Cl)C#N)cn1. The van der Waals surface area contributed by atoms with Crippen molar-refractivity contribution in [2.24, 2.45) is 0 Å². The Morgan fingerprint density at radius 2 is 2.64 bits per heavy atom. The molecular formula is C7H8ClN3. The van der Waals surface area contributed by atoms with Crippen LogP contribution in [0.5, 0.6) is 0 Å². The summed E-state index contributed by atoms with van der Waals surface area (Å²) in [5.41, 5.74) is 0.760. The summed E-state index contributed by atoms with van der Waals surface area (Å²) in [7, 11) is 0. The first-order valence-electron chi connectivity index (χ1n) is 3.34. The molecule has 3 nitrogen and oxygen atoms in total. The van der Waals surface area contributed by atoms with Gasteiger partial charge in [-0.15, -0.1) is 11.6 Å². The van der Waals surface area contributed by atoms with E-state index >= 15 is 0 Å². The number of nitrogens with zero attached hydrogens (tertiary/aromatic N) is 3. The predicted molar refractivity (Wildman–Crippen MR) is 42.1 cm³/mol. The van der Waals surface area contributed by atoms with Crippen LogP contribution in [0.1, 0.15) is 17.9 Å². The molecule has 0 radical (unpaired) electrons. The minimum Gasteiger partial charge on any atom is -0.273 e. The molecule has 1 unspecified atom stereocenters. The lowest BCUT2D eigenvalue weighted by molar-refractivity contribution is 0.659. The fourth-order valence-corrected chi connectivity index (χ4v) is 0.871. The molecule has 0 N–H and O–H groups in total. The van der Waals surface area contributed by atoms with Crippen LogP contribution >= 0.6 is 11.6 Å². The number of alkyl halides is 1. The number of rotatable bonds is 2. The summed E-state index contributed by atoms with van der Waals surface area (Å²) in [4.78, 5) is 0. The third-order valence-corrected chi connectivity index (χ3v) is 1.73. The van der Waals surface area contributed by atoms with E-state index in [2.05, 4.69) is 5.10 Å². The van der Waals surface area contributed by atoms with Gasteiger partial charge in [-0.05, 0) is 6.92 Å². The second-order valence-electron chi connectivity index (χ2n) is 2.12. The predicted octanol–water partition coefficient (Wildman–Crippen LogP) is 1.71. The lowest BCUT2D eigenvalue weighted by Gasteiger charge is -1.92. The molecule has 0 bridgehead atoms. The van der Waals surface area contributed by atoms with E-state index in [1.807, 2.05) is 13.0 Å². The average molecular weight is 170 g/mol. The Kier molecular flexibility index (Phi) is 2.50. The van der Waals surface area contributed by atoms with Gasteiger partial charge in [-0.25, -0.2) is 0 Å². The van der Waals surface area contributed by atoms with Crippen LogP contribution in [0.4, 0.5) is 0 Å². The maximum absolute atomic E-state index is 8.45. The first-order valence-corrected chi connectivity index (χ1v) is 3.77. The number of hydrogen-bond donors (Lipinski definition) is 0. The second kappa shape index (κ2) is 3.40. The summed E-state index contributed by atoms with van der Waals surface area (Å²) in [5, 5.41) is 11.9. The molecule has 4 heteroatoms. The summed E-state index contributed by atoms with van der Waals surface area (Å²) >= 11 is 5.65. The van der Waals surface area contributed by atoms with Gasteiger partial charge >= 0.3 is 0 Å². The Bertz CT molecular complexity index is 273. The molecule has 1 aromatic rings. The van der Waals surface area contributed by atoms with Crippen LogP contribution < -0.4 is 0 Å². The van der Waals surface area contributed by atoms with Gasteiger partial charge in [0.05, 0.1) is 12.3 Å². The first-order chi connectivity index (χ1) is 5.27. The van der Waals surface area contributed by atoms with Crippen LogP contribution in [-0.4, -0.2) is 9.78 Å². The van der Waals surface area contributed by atoms with E-state index in [-0.39, 0.29) is 0 Å². The summed E-state index contributed by atoms with van der Waals surface area (Å²) < 4.78 is 1.74. The Morgan fingerprint density at radius 1 is 1.91 bits per heavy atom. The molecule has 0 fully saturated rings. The van der Waals surface area contributed by atoms with Crippen molar-refractivity contribution in [2.45, 2.75) is 18.8 Å². The van der Waals surface area contributed by atoms with Crippen LogP contribution in [0.25, 0.3) is 0 Å². The second-order valence-corrected chi connectivity index (χ2v) is 2.56. The molecule has 0 saturated carbocycles. The van der Waals surface area contributed by atoms with Gasteiger partial charge in [-0.2, -0.15) is 10.4 Å². The van der Waals surface area contributed by atoms with Crippen LogP contribution in [0, 0.1) is 11.3 Å². The third kappa shape index (κ3) is 1.72. The van der Waals surface area contributed by atoms with E-state index < -0.39 is 5.38 Å². The number of aromatic nitrogens is 2. The molecule has 0 spiro atoms. The van der Waals surface area contributed by atoms with Gasteiger partial charge in [0.15, 0.2) is 0 Å². The lowest BCUT2D eigenvalue weighted by Crippen LogP contribution is -1.92. The highest BCUT2D eigenvalue weighted by molar-refractivity contribution is 6.22. The van der Waals surface area contributed by atoms with Gasteiger partial charge in [0, 0.05) is 18.3 Å². The number of aryl methyl sites for hydroxylation is 1. The molecule has 0 aliphatic carbocycles. The van der Waals surface area contributed by atoms with Crippen molar-refractivity contribution in [3.05, 3.63) is 18.0 Å². The number of halogens is 1. The van der Waals surface area contributed by atoms with E-state index in [1.54, 1.807) is 17.1 Å². The quantitative estimate of drug-likeness (QED) is 0.633. The van der Waals surface area contributed by atoms with Crippen molar-refractivity contribution >= 4 is 11.6 Å². The molecular weight excluding hydrogens is 162 g/mol. The van der Waals surface area contributed by atoms with Crippen molar-refractivity contribution in [2.75, 3.05) is 0 Å². The smallest absolute Gasteiger partial charge is 0.148 e. The largest absolute Gasteiger partial charge is 0.273 e. The standard InChI is InChI=1S/C7H8ClN3/c1-2-11-5-6(4-10-11)7(8)3-9/h4-5,7H,2H2,1H3. The molecule has 1 atom stereocenters. The van der Waals surface area contributed by atoms with E-state index in [9.17, 15) is 0 Å². The maximum Gasteiger partial charge on any atom is 0.148 e. The monoisotopic (exact) mass is 169 g/mol. The minimum absolute atomic E-state index is 0.574. The molecule has 58 valence electrons. The van der Waals surface area contributed by atoms with Crippen molar-refractivity contribution < 1.29 is 0 Å². The molecule has 0 aliphatic heterocycles. The Hall–Kier alpha value is -1.01. The third-order valence-electron chi connectivity index (χ3n) is 1.38. The lowest BCUT2D eigenvalue weighted by atomic mass is 10.3. The zero-order valence-corrected chi connectivity index (χ0v) is 6.91. The van der Waals surface area contributed by atoms with Crippen LogP contribution in [0.15, 0.2) is 12.4 Å². The Labute approximate surface area is 70.2 Å². The maximum atomic E-state index is 8.45. The number of nitriles is 1. The van der Waals surface area contributed by atoms with Crippen LogP contribution in [-0.2, 0) is 6.54 Å². The molecule has 0 amide bonds. The fraction of sp³-hybridized carbons (Fsp3) is 0.429. The summed E-state index contributed by atoms with van der Waals surface area (Å²) in [6.45, 7) is 2.78. The highest BCUT2D eigenvalue weighted by Gasteiger charge is 2.07. The van der Waals surface area contributed by atoms with Gasteiger partial charge in [0.1, 0.15) is 5.38 Å². The summed E-state index contributed by atoms with van der Waals surface area (Å²) in [5.74, 6) is 0. The molecule has 0 aromatic carbocycles. The molecule has 1 rings (SSSR count). The fourth-order valence-electron chi connectivity index (χ4n) is 0.758. The summed E-state index contributed by atoms with van der Waals surface area (Å²) in [6.07, 6.45) is 3.39. The molecule has 11 heavy (non-hydrogen) atoms. The van der Waals surface area contributed by atoms with Gasteiger partial charge in [-0.3, -0.25) is 4.68 Å². The van der Waals surface area contributed by atoms with E-state index in [0.717, 1.165) is 12.1 Å². The topological polar surface area (TPSA) is 41.6 Å². The molecule has 1 aromatic heterocycles. The highest BCUT2D eigenvalue weighted by atomic mass is 35.5. The Morgan fingerprint density at radius 3 is 3.09 bits per heavy atom. The molecule has 0 aliphatic rings. The van der Waals surface area contributed by atoms with Crippen molar-refractivity contribution in [1.82, 2.24) is 9.78 Å². The summed E-state index contributed by atoms with van der Waals surface area (Å²) in [6, 6.07) is 1.93. The zero-order chi connectivity index (χ0) is 8.27. The zero-order valence-electron chi connectivity index (χ0n) is 6.16. The van der Waals surface area contributed by atoms with Gasteiger partial charge in [-0.1, -0.05) is 0 Å². The van der Waals surface area contributed by atoms with Crippen molar-refractivity contribution in [3.63, 3.8) is 0 Å².